The van der Waals surface area contributed by atoms with E-state index in [0.717, 1.165) is 4.88 Å². The fourth-order valence-electron chi connectivity index (χ4n) is 2.77. The molecule has 0 radical (unpaired) electrons. The van der Waals surface area contributed by atoms with Crippen LogP contribution in [-0.2, 0) is 11.2 Å². The Labute approximate surface area is 145 Å². The number of carbonyl (C=O) groups excluding carboxylic acids is 2. The summed E-state index contributed by atoms with van der Waals surface area (Å²) in [6, 6.07) is 11.1. The molecule has 2 heterocycles. The van der Waals surface area contributed by atoms with E-state index in [9.17, 15) is 9.59 Å². The highest BCUT2D eigenvalue weighted by atomic mass is 32.1. The van der Waals surface area contributed by atoms with Crippen LogP contribution in [0.1, 0.15) is 15.2 Å². The lowest BCUT2D eigenvalue weighted by atomic mass is 10.1. The van der Waals surface area contributed by atoms with Crippen molar-refractivity contribution in [1.82, 2.24) is 9.80 Å². The first-order valence-electron chi connectivity index (χ1n) is 7.91. The van der Waals surface area contributed by atoms with Crippen molar-refractivity contribution in [2.45, 2.75) is 6.42 Å². The van der Waals surface area contributed by atoms with E-state index < -0.39 is 0 Å². The molecule has 6 heteroatoms. The lowest BCUT2D eigenvalue weighted by Crippen LogP contribution is -2.50. The van der Waals surface area contributed by atoms with Gasteiger partial charge in [0.25, 0.3) is 5.91 Å². The molecule has 2 amide bonds. The van der Waals surface area contributed by atoms with E-state index in [1.165, 1.54) is 0 Å². The van der Waals surface area contributed by atoms with Gasteiger partial charge in [0.05, 0.1) is 13.5 Å². The molecule has 24 heavy (non-hydrogen) atoms. The van der Waals surface area contributed by atoms with Crippen LogP contribution in [-0.4, -0.2) is 54.9 Å². The van der Waals surface area contributed by atoms with Crippen LogP contribution in [0.2, 0.25) is 0 Å². The first-order chi connectivity index (χ1) is 11.7. The Morgan fingerprint density at radius 2 is 1.83 bits per heavy atom. The maximum absolute atomic E-state index is 12.6. The maximum atomic E-state index is 12.6. The number of amides is 2. The number of thiophene rings is 1. The van der Waals surface area contributed by atoms with Crippen LogP contribution >= 0.6 is 11.3 Å². The molecule has 1 aliphatic rings. The molecule has 1 saturated heterocycles. The fourth-order valence-corrected chi connectivity index (χ4v) is 3.47. The van der Waals surface area contributed by atoms with Gasteiger partial charge in [0.2, 0.25) is 5.91 Å². The Morgan fingerprint density at radius 3 is 2.50 bits per heavy atom. The molecule has 0 N–H and O–H groups in total. The summed E-state index contributed by atoms with van der Waals surface area (Å²) >= 11 is 1.60. The normalized spacial score (nSPS) is 14.5. The number of hydrogen-bond acceptors (Lipinski definition) is 4. The number of carbonyl (C=O) groups is 2. The summed E-state index contributed by atoms with van der Waals surface area (Å²) in [4.78, 5) is 29.6. The standard InChI is InChI=1S/C18H20N2O3S/c1-23-15-5-2-4-14(12-15)18(22)20-9-7-19(8-10-20)17(21)13-16-6-3-11-24-16/h2-6,11-12H,7-10,13H2,1H3. The molecule has 0 saturated carbocycles. The van der Waals surface area contributed by atoms with Gasteiger partial charge < -0.3 is 14.5 Å². The van der Waals surface area contributed by atoms with Crippen molar-refractivity contribution in [3.05, 3.63) is 52.2 Å². The minimum atomic E-state index is -0.0146. The summed E-state index contributed by atoms with van der Waals surface area (Å²) in [6.07, 6.45) is 0.446. The summed E-state index contributed by atoms with van der Waals surface area (Å²) in [6.45, 7) is 2.29. The van der Waals surface area contributed by atoms with Crippen molar-refractivity contribution in [2.75, 3.05) is 33.3 Å². The van der Waals surface area contributed by atoms with Crippen molar-refractivity contribution in [3.63, 3.8) is 0 Å². The van der Waals surface area contributed by atoms with Gasteiger partial charge in [0.1, 0.15) is 5.75 Å². The molecule has 0 unspecified atom stereocenters. The highest BCUT2D eigenvalue weighted by Gasteiger charge is 2.25. The number of methoxy groups -OCH3 is 1. The second-order valence-electron chi connectivity index (χ2n) is 5.66. The number of ether oxygens (including phenoxy) is 1. The first-order valence-corrected chi connectivity index (χ1v) is 8.79. The molecule has 0 spiro atoms. The molecule has 1 aromatic heterocycles. The van der Waals surface area contributed by atoms with Crippen LogP contribution in [0.5, 0.6) is 5.75 Å². The summed E-state index contributed by atoms with van der Waals surface area (Å²) in [7, 11) is 1.58. The van der Waals surface area contributed by atoms with E-state index in [1.54, 1.807) is 35.5 Å². The molecule has 0 aliphatic carbocycles. The molecule has 0 atom stereocenters. The Bertz CT molecular complexity index is 707. The molecule has 5 nitrogen and oxygen atoms in total. The molecule has 0 bridgehead atoms. The van der Waals surface area contributed by atoms with Crippen LogP contribution in [0.4, 0.5) is 0 Å². The fraction of sp³-hybridized carbons (Fsp3) is 0.333. The molecular weight excluding hydrogens is 324 g/mol. The van der Waals surface area contributed by atoms with Crippen LogP contribution in [0, 0.1) is 0 Å². The zero-order chi connectivity index (χ0) is 16.9. The van der Waals surface area contributed by atoms with E-state index in [4.69, 9.17) is 4.74 Å². The van der Waals surface area contributed by atoms with Gasteiger partial charge in [0.15, 0.2) is 0 Å². The predicted molar refractivity (Wildman–Crippen MR) is 93.5 cm³/mol. The third-order valence-corrected chi connectivity index (χ3v) is 5.02. The van der Waals surface area contributed by atoms with Crippen molar-refractivity contribution >= 4 is 23.2 Å². The molecule has 1 fully saturated rings. The van der Waals surface area contributed by atoms with Crippen LogP contribution in [0.25, 0.3) is 0 Å². The Balaban J connectivity index is 1.56. The summed E-state index contributed by atoms with van der Waals surface area (Å²) < 4.78 is 5.17. The van der Waals surface area contributed by atoms with E-state index in [-0.39, 0.29) is 11.8 Å². The predicted octanol–water partition coefficient (Wildman–Crippen LogP) is 2.28. The van der Waals surface area contributed by atoms with Crippen molar-refractivity contribution in [3.8, 4) is 5.75 Å². The number of nitrogens with zero attached hydrogens (tertiary/aromatic N) is 2. The number of piperazine rings is 1. The number of rotatable bonds is 4. The SMILES string of the molecule is COc1cccc(C(=O)N2CCN(C(=O)Cc3cccs3)CC2)c1. The van der Waals surface area contributed by atoms with Gasteiger partial charge in [-0.2, -0.15) is 0 Å². The monoisotopic (exact) mass is 344 g/mol. The average Bonchev–Trinajstić information content (AvgIpc) is 3.14. The van der Waals surface area contributed by atoms with Gasteiger partial charge in [-0.3, -0.25) is 9.59 Å². The van der Waals surface area contributed by atoms with Crippen LogP contribution < -0.4 is 4.74 Å². The van der Waals surface area contributed by atoms with Gasteiger partial charge in [-0.05, 0) is 29.6 Å². The highest BCUT2D eigenvalue weighted by molar-refractivity contribution is 7.10. The van der Waals surface area contributed by atoms with Gasteiger partial charge in [-0.25, -0.2) is 0 Å². The second kappa shape index (κ2) is 7.49. The molecule has 126 valence electrons. The maximum Gasteiger partial charge on any atom is 0.254 e. The highest BCUT2D eigenvalue weighted by Crippen LogP contribution is 2.16. The van der Waals surface area contributed by atoms with Crippen LogP contribution in [0.15, 0.2) is 41.8 Å². The van der Waals surface area contributed by atoms with Crippen molar-refractivity contribution in [2.24, 2.45) is 0 Å². The Morgan fingerprint density at radius 1 is 1.08 bits per heavy atom. The molecule has 3 rings (SSSR count). The van der Waals surface area contributed by atoms with Crippen LogP contribution in [0.3, 0.4) is 0 Å². The van der Waals surface area contributed by atoms with Gasteiger partial charge in [-0.1, -0.05) is 12.1 Å². The van der Waals surface area contributed by atoms with Gasteiger partial charge >= 0.3 is 0 Å². The Hall–Kier alpha value is -2.34. The summed E-state index contributed by atoms with van der Waals surface area (Å²) in [5.41, 5.74) is 0.618. The van der Waals surface area contributed by atoms with Crippen molar-refractivity contribution < 1.29 is 14.3 Å². The zero-order valence-corrected chi connectivity index (χ0v) is 14.4. The van der Waals surface area contributed by atoms with E-state index >= 15 is 0 Å². The summed E-state index contributed by atoms with van der Waals surface area (Å²) in [5.74, 6) is 0.788. The van der Waals surface area contributed by atoms with Gasteiger partial charge in [0, 0.05) is 36.6 Å². The number of benzene rings is 1. The lowest BCUT2D eigenvalue weighted by Gasteiger charge is -2.34. The minimum Gasteiger partial charge on any atom is -0.497 e. The molecule has 2 aromatic rings. The Kier molecular flexibility index (Phi) is 5.15. The smallest absolute Gasteiger partial charge is 0.254 e. The van der Waals surface area contributed by atoms with E-state index in [1.807, 2.05) is 34.5 Å². The molecule has 1 aromatic carbocycles. The summed E-state index contributed by atoms with van der Waals surface area (Å²) in [5, 5.41) is 1.98. The van der Waals surface area contributed by atoms with E-state index in [0.29, 0.717) is 43.9 Å². The van der Waals surface area contributed by atoms with Crippen molar-refractivity contribution in [1.29, 1.82) is 0 Å². The second-order valence-corrected chi connectivity index (χ2v) is 6.69. The lowest BCUT2D eigenvalue weighted by molar-refractivity contribution is -0.131. The zero-order valence-electron chi connectivity index (χ0n) is 13.6. The largest absolute Gasteiger partial charge is 0.497 e. The topological polar surface area (TPSA) is 49.9 Å². The first kappa shape index (κ1) is 16.5. The molecule has 1 aliphatic heterocycles. The third-order valence-electron chi connectivity index (χ3n) is 4.14. The molecular formula is C18H20N2O3S. The quantitative estimate of drug-likeness (QED) is 0.855. The third kappa shape index (κ3) is 3.76. The van der Waals surface area contributed by atoms with Gasteiger partial charge in [-0.15, -0.1) is 11.3 Å². The minimum absolute atomic E-state index is 0.0146. The number of hydrogen-bond donors (Lipinski definition) is 0. The van der Waals surface area contributed by atoms with E-state index in [2.05, 4.69) is 0 Å². The average molecular weight is 344 g/mol.